The Hall–Kier alpha value is -1.65. The topological polar surface area (TPSA) is 37.8 Å². The van der Waals surface area contributed by atoms with Gasteiger partial charge in [-0.3, -0.25) is 0 Å². The van der Waals surface area contributed by atoms with Crippen LogP contribution < -0.4 is 5.32 Å². The van der Waals surface area contributed by atoms with Crippen molar-refractivity contribution in [1.29, 1.82) is 0 Å². The van der Waals surface area contributed by atoms with E-state index in [-0.39, 0.29) is 12.4 Å². The van der Waals surface area contributed by atoms with Crippen molar-refractivity contribution in [3.8, 4) is 0 Å². The largest absolute Gasteiger partial charge is 0.331 e. The predicted molar refractivity (Wildman–Crippen MR) is 74.4 cm³/mol. The standard InChI is InChI=1S/C12H9N3S.ClH/c1-2-5-9(6-3-1)14-12-15-10-7-4-8-13-11(10)16-12;/h1-8H,(H,14,15);1H. The zero-order valence-corrected chi connectivity index (χ0v) is 10.5. The van der Waals surface area contributed by atoms with Gasteiger partial charge in [0, 0.05) is 11.9 Å². The van der Waals surface area contributed by atoms with Crippen LogP contribution in [0.2, 0.25) is 0 Å². The molecule has 0 bridgehead atoms. The maximum absolute atomic E-state index is 4.45. The third-order valence-corrected chi connectivity index (χ3v) is 3.09. The first-order chi connectivity index (χ1) is 7.92. The summed E-state index contributed by atoms with van der Waals surface area (Å²) in [5.74, 6) is 0. The van der Waals surface area contributed by atoms with Crippen molar-refractivity contribution in [2.45, 2.75) is 0 Å². The molecule has 1 N–H and O–H groups in total. The first-order valence-electron chi connectivity index (χ1n) is 4.95. The molecule has 3 nitrogen and oxygen atoms in total. The Morgan fingerprint density at radius 3 is 2.59 bits per heavy atom. The van der Waals surface area contributed by atoms with Crippen molar-refractivity contribution in [1.82, 2.24) is 9.97 Å². The highest BCUT2D eigenvalue weighted by Crippen LogP contribution is 2.26. The number of benzene rings is 1. The molecule has 2 aromatic heterocycles. The van der Waals surface area contributed by atoms with Crippen LogP contribution in [0.3, 0.4) is 0 Å². The maximum atomic E-state index is 4.45. The highest BCUT2D eigenvalue weighted by atomic mass is 35.5. The van der Waals surface area contributed by atoms with Crippen LogP contribution in [0.25, 0.3) is 10.3 Å². The van der Waals surface area contributed by atoms with Crippen LogP contribution in [-0.2, 0) is 0 Å². The molecule has 0 atom stereocenters. The highest BCUT2D eigenvalue weighted by Gasteiger charge is 2.03. The molecule has 0 aliphatic heterocycles. The first kappa shape index (κ1) is 11.8. The summed E-state index contributed by atoms with van der Waals surface area (Å²) >= 11 is 1.56. The number of nitrogens with zero attached hydrogens (tertiary/aromatic N) is 2. The number of fused-ring (bicyclic) bond motifs is 1. The van der Waals surface area contributed by atoms with E-state index in [2.05, 4.69) is 15.3 Å². The molecule has 0 spiro atoms. The fourth-order valence-electron chi connectivity index (χ4n) is 1.47. The van der Waals surface area contributed by atoms with Crippen molar-refractivity contribution < 1.29 is 0 Å². The minimum absolute atomic E-state index is 0. The van der Waals surface area contributed by atoms with Gasteiger partial charge in [0.15, 0.2) is 5.13 Å². The van der Waals surface area contributed by atoms with Crippen molar-refractivity contribution in [2.24, 2.45) is 0 Å². The number of aromatic nitrogens is 2. The van der Waals surface area contributed by atoms with Gasteiger partial charge in [0.05, 0.1) is 0 Å². The summed E-state index contributed by atoms with van der Waals surface area (Å²) in [5.41, 5.74) is 1.98. The SMILES string of the molecule is Cl.c1ccc(Nc2nc3cccnc3s2)cc1. The fourth-order valence-corrected chi connectivity index (χ4v) is 2.30. The van der Waals surface area contributed by atoms with Crippen molar-refractivity contribution in [2.75, 3.05) is 5.32 Å². The molecule has 1 aromatic carbocycles. The van der Waals surface area contributed by atoms with Gasteiger partial charge in [-0.15, -0.1) is 12.4 Å². The molecule has 17 heavy (non-hydrogen) atoms. The van der Waals surface area contributed by atoms with Gasteiger partial charge in [-0.1, -0.05) is 29.5 Å². The van der Waals surface area contributed by atoms with E-state index in [0.717, 1.165) is 21.2 Å². The molecule has 0 saturated carbocycles. The maximum Gasteiger partial charge on any atom is 0.189 e. The van der Waals surface area contributed by atoms with E-state index in [9.17, 15) is 0 Å². The van der Waals surface area contributed by atoms with Gasteiger partial charge < -0.3 is 5.32 Å². The monoisotopic (exact) mass is 263 g/mol. The summed E-state index contributed by atoms with van der Waals surface area (Å²) < 4.78 is 0. The zero-order valence-electron chi connectivity index (χ0n) is 8.83. The predicted octanol–water partition coefficient (Wildman–Crippen LogP) is 3.86. The summed E-state index contributed by atoms with van der Waals surface area (Å²) in [4.78, 5) is 9.67. The van der Waals surface area contributed by atoms with Gasteiger partial charge in [0.2, 0.25) is 0 Å². The highest BCUT2D eigenvalue weighted by molar-refractivity contribution is 7.21. The fraction of sp³-hybridized carbons (Fsp3) is 0. The Morgan fingerprint density at radius 1 is 1.00 bits per heavy atom. The average Bonchev–Trinajstić information content (AvgIpc) is 2.72. The lowest BCUT2D eigenvalue weighted by Crippen LogP contribution is -1.87. The van der Waals surface area contributed by atoms with Crippen LogP contribution in [0.1, 0.15) is 0 Å². The molecule has 0 radical (unpaired) electrons. The molecular weight excluding hydrogens is 254 g/mol. The van der Waals surface area contributed by atoms with Crippen LogP contribution >= 0.6 is 23.7 Å². The molecule has 0 aliphatic carbocycles. The van der Waals surface area contributed by atoms with Crippen LogP contribution in [0.5, 0.6) is 0 Å². The zero-order chi connectivity index (χ0) is 10.8. The molecule has 0 amide bonds. The van der Waals surface area contributed by atoms with Crippen molar-refractivity contribution >= 4 is 44.9 Å². The third kappa shape index (κ3) is 2.54. The third-order valence-electron chi connectivity index (χ3n) is 2.19. The Balaban J connectivity index is 0.00000108. The van der Waals surface area contributed by atoms with Gasteiger partial charge >= 0.3 is 0 Å². The molecule has 3 aromatic rings. The minimum atomic E-state index is 0. The van der Waals surface area contributed by atoms with Crippen molar-refractivity contribution in [3.63, 3.8) is 0 Å². The number of halogens is 1. The van der Waals surface area contributed by atoms with E-state index in [1.54, 1.807) is 17.5 Å². The average molecular weight is 264 g/mol. The van der Waals surface area contributed by atoms with Crippen LogP contribution in [0.15, 0.2) is 48.7 Å². The number of anilines is 2. The lowest BCUT2D eigenvalue weighted by atomic mass is 10.3. The Labute approximate surface area is 109 Å². The molecule has 0 fully saturated rings. The molecule has 3 rings (SSSR count). The van der Waals surface area contributed by atoms with E-state index in [4.69, 9.17) is 0 Å². The smallest absolute Gasteiger partial charge is 0.189 e. The van der Waals surface area contributed by atoms with Crippen LogP contribution in [0, 0.1) is 0 Å². The second-order valence-electron chi connectivity index (χ2n) is 3.34. The number of para-hydroxylation sites is 1. The normalized spacial score (nSPS) is 9.88. The molecule has 0 unspecified atom stereocenters. The van der Waals surface area contributed by atoms with E-state index in [1.165, 1.54) is 0 Å². The number of pyridine rings is 1. The molecule has 0 aliphatic rings. The molecule has 86 valence electrons. The van der Waals surface area contributed by atoms with E-state index in [1.807, 2.05) is 42.5 Å². The minimum Gasteiger partial charge on any atom is -0.331 e. The summed E-state index contributed by atoms with van der Waals surface area (Å²) in [6.07, 6.45) is 1.78. The quantitative estimate of drug-likeness (QED) is 0.763. The van der Waals surface area contributed by atoms with Crippen LogP contribution in [-0.4, -0.2) is 9.97 Å². The lowest BCUT2D eigenvalue weighted by Gasteiger charge is -1.99. The second kappa shape index (κ2) is 5.12. The summed E-state index contributed by atoms with van der Waals surface area (Å²) in [7, 11) is 0. The first-order valence-corrected chi connectivity index (χ1v) is 5.77. The number of nitrogens with one attached hydrogen (secondary N) is 1. The van der Waals surface area contributed by atoms with Crippen LogP contribution in [0.4, 0.5) is 10.8 Å². The van der Waals surface area contributed by atoms with Gasteiger partial charge in [-0.25, -0.2) is 9.97 Å². The lowest BCUT2D eigenvalue weighted by molar-refractivity contribution is 1.40. The molecule has 2 heterocycles. The van der Waals surface area contributed by atoms with Gasteiger partial charge in [-0.05, 0) is 24.3 Å². The Bertz CT molecular complexity index is 576. The molecular formula is C12H10ClN3S. The van der Waals surface area contributed by atoms with Gasteiger partial charge in [-0.2, -0.15) is 0 Å². The molecule has 0 saturated heterocycles. The Morgan fingerprint density at radius 2 is 1.82 bits per heavy atom. The van der Waals surface area contributed by atoms with E-state index < -0.39 is 0 Å². The summed E-state index contributed by atoms with van der Waals surface area (Å²) in [6.45, 7) is 0. The number of rotatable bonds is 2. The summed E-state index contributed by atoms with van der Waals surface area (Å²) in [5, 5.41) is 4.14. The van der Waals surface area contributed by atoms with Crippen molar-refractivity contribution in [3.05, 3.63) is 48.7 Å². The number of hydrogen-bond donors (Lipinski definition) is 1. The van der Waals surface area contributed by atoms with Gasteiger partial charge in [0.25, 0.3) is 0 Å². The second-order valence-corrected chi connectivity index (χ2v) is 4.32. The molecule has 5 heteroatoms. The summed E-state index contributed by atoms with van der Waals surface area (Å²) in [6, 6.07) is 13.9. The van der Waals surface area contributed by atoms with E-state index >= 15 is 0 Å². The van der Waals surface area contributed by atoms with Gasteiger partial charge in [0.1, 0.15) is 10.3 Å². The Kier molecular flexibility index (Phi) is 3.56. The number of hydrogen-bond acceptors (Lipinski definition) is 4. The number of thiazole rings is 1. The van der Waals surface area contributed by atoms with E-state index in [0.29, 0.717) is 0 Å².